The Morgan fingerprint density at radius 2 is 0.879 bits per heavy atom. The van der Waals surface area contributed by atoms with Crippen molar-refractivity contribution in [2.45, 2.75) is 221 Å². The molecule has 0 aromatic heterocycles. The first kappa shape index (κ1) is 80.6. The van der Waals surface area contributed by atoms with Crippen LogP contribution in [0.2, 0.25) is 0 Å². The van der Waals surface area contributed by atoms with Gasteiger partial charge in [0.15, 0.2) is 34.5 Å². The van der Waals surface area contributed by atoms with E-state index >= 15 is 0 Å². The molecule has 0 saturated carbocycles. The Morgan fingerprint density at radius 1 is 0.525 bits per heavy atom. The van der Waals surface area contributed by atoms with Crippen LogP contribution < -0.4 is 39.5 Å². The summed E-state index contributed by atoms with van der Waals surface area (Å²) in [5.41, 5.74) is 12.7. The van der Waals surface area contributed by atoms with Crippen molar-refractivity contribution in [3.63, 3.8) is 0 Å². The van der Waals surface area contributed by atoms with Crippen molar-refractivity contribution in [3.05, 3.63) is 69.8 Å². The number of hydrogen-bond donors (Lipinski definition) is 3. The van der Waals surface area contributed by atoms with Gasteiger partial charge in [-0.2, -0.15) is 0 Å². The minimum Gasteiger partial charge on any atom is -0.493 e. The quantitative estimate of drug-likeness (QED) is 0.0351. The van der Waals surface area contributed by atoms with Crippen LogP contribution in [-0.2, 0) is 43.1 Å². The summed E-state index contributed by atoms with van der Waals surface area (Å²) in [6, 6.07) is 11.3. The molecule has 3 aromatic carbocycles. The first-order chi connectivity index (χ1) is 47.1. The summed E-state index contributed by atoms with van der Waals surface area (Å²) >= 11 is 0. The molecule has 1 amide bonds. The Bertz CT molecular complexity index is 3040. The molecule has 18 nitrogen and oxygen atoms in total. The smallest absolute Gasteiger partial charge is 0.408 e. The summed E-state index contributed by atoms with van der Waals surface area (Å²) in [6.45, 7) is 31.6. The maximum Gasteiger partial charge on any atom is 0.408 e. The van der Waals surface area contributed by atoms with Gasteiger partial charge >= 0.3 is 18.0 Å². The molecule has 11 atom stereocenters. The molecule has 3 saturated heterocycles. The number of esters is 2. The number of alkyl carbamates (subject to hydrolysis) is 1. The van der Waals surface area contributed by atoms with E-state index in [1.54, 1.807) is 42.1 Å². The lowest BCUT2D eigenvalue weighted by atomic mass is 9.79. The average Bonchev–Trinajstić information content (AvgIpc) is 0.778. The number of nitrogens with zero attached hydrogens (tertiary/aromatic N) is 3. The molecular formula is C78H122F3N5O13. The van der Waals surface area contributed by atoms with Gasteiger partial charge in [0.2, 0.25) is 0 Å². The van der Waals surface area contributed by atoms with E-state index in [1.807, 2.05) is 45.9 Å². The molecule has 3 aromatic rings. The van der Waals surface area contributed by atoms with Gasteiger partial charge in [0.05, 0.1) is 67.3 Å². The Kier molecular flexibility index (Phi) is 30.9. The molecule has 558 valence electrons. The van der Waals surface area contributed by atoms with Gasteiger partial charge in [-0.15, -0.1) is 0 Å². The minimum absolute atomic E-state index is 0.0385. The van der Waals surface area contributed by atoms with Crippen LogP contribution >= 0.6 is 0 Å². The highest BCUT2D eigenvalue weighted by molar-refractivity contribution is 5.82. The fourth-order valence-electron chi connectivity index (χ4n) is 15.2. The van der Waals surface area contributed by atoms with Crippen LogP contribution in [0.25, 0.3) is 0 Å². The number of carbonyl (C=O) groups is 3. The third-order valence-corrected chi connectivity index (χ3v) is 20.1. The number of piperidine rings is 3. The summed E-state index contributed by atoms with van der Waals surface area (Å²) < 4.78 is 89.3. The summed E-state index contributed by atoms with van der Waals surface area (Å²) in [5.74, 6) is 5.51. The van der Waals surface area contributed by atoms with E-state index in [0.717, 1.165) is 96.2 Å². The highest BCUT2D eigenvalue weighted by atomic mass is 19.1. The van der Waals surface area contributed by atoms with E-state index < -0.39 is 43.1 Å². The Labute approximate surface area is 589 Å². The van der Waals surface area contributed by atoms with Crippen molar-refractivity contribution >= 4 is 18.0 Å². The molecule has 99 heavy (non-hydrogen) atoms. The highest BCUT2D eigenvalue weighted by Crippen LogP contribution is 2.48. The molecule has 0 aliphatic carbocycles. The second kappa shape index (κ2) is 38.0. The predicted molar refractivity (Wildman–Crippen MR) is 381 cm³/mol. The standard InChI is InChI=1S/C31H49FN2O6.C26H41FN2O4.C21H32FNO3/c1-19(2)14-22-18-34-12-10-21-15-27(38-13-9-11-32)26(37-8)16-23(21)24(34)17-25(22)39-29(35)28(20(3)4)33-30(36)40-31(5,6)7;1-16(2)11-19-15-29-9-7-18-12-24(32-10-6-8-27)23(31-5)13-20(18)21(29)14-22(19)33-26(30)25(28)17(3)4;1-14(2)9-16-13-23-7-5-15-10-21(26-8-4-6-22)20(25-3)11-17(15)18(23)12-19(16)24/h15-16,19-20,22,24-25,28H,9-14,17-18H2,1-8H3,(H,33,36);12-13,16-17,19,21-22,25H,6-11,14-15,28H2,1-5H3;10-11,14,16,18-19,24H,4-9,12-13H2,1-3H3. The van der Waals surface area contributed by atoms with Crippen LogP contribution in [0, 0.1) is 47.3 Å². The number of hydrogen-bond acceptors (Lipinski definition) is 17. The molecule has 6 heterocycles. The lowest BCUT2D eigenvalue weighted by molar-refractivity contribution is -0.161. The highest BCUT2D eigenvalue weighted by Gasteiger charge is 2.45. The van der Waals surface area contributed by atoms with E-state index in [1.165, 1.54) is 27.8 Å². The van der Waals surface area contributed by atoms with E-state index in [0.29, 0.717) is 104 Å². The molecule has 0 bridgehead atoms. The fourth-order valence-corrected chi connectivity index (χ4v) is 15.2. The molecule has 21 heteroatoms. The van der Waals surface area contributed by atoms with Crippen molar-refractivity contribution in [3.8, 4) is 34.5 Å². The lowest BCUT2D eigenvalue weighted by Crippen LogP contribution is -2.52. The first-order valence-electron chi connectivity index (χ1n) is 36.9. The molecule has 4 N–H and O–H groups in total. The molecular weight excluding hydrogens is 1270 g/mol. The Morgan fingerprint density at radius 3 is 1.21 bits per heavy atom. The van der Waals surface area contributed by atoms with Gasteiger partial charge in [-0.3, -0.25) is 32.7 Å². The summed E-state index contributed by atoms with van der Waals surface area (Å²) in [6.07, 6.45) is 7.70. The third kappa shape index (κ3) is 22.4. The van der Waals surface area contributed by atoms with Crippen molar-refractivity contribution in [2.75, 3.05) is 100 Å². The number of nitrogens with one attached hydrogen (secondary N) is 1. The molecule has 0 radical (unpaired) electrons. The number of nitrogens with two attached hydrogens (primary N) is 1. The van der Waals surface area contributed by atoms with Crippen molar-refractivity contribution in [1.29, 1.82) is 0 Å². The number of methoxy groups -OCH3 is 3. The first-order valence-corrected chi connectivity index (χ1v) is 36.9. The topological polar surface area (TPSA) is 202 Å². The second-order valence-electron chi connectivity index (χ2n) is 31.1. The van der Waals surface area contributed by atoms with E-state index in [9.17, 15) is 32.7 Å². The van der Waals surface area contributed by atoms with Gasteiger partial charge < -0.3 is 58.8 Å². The minimum atomic E-state index is -0.810. The van der Waals surface area contributed by atoms with E-state index in [2.05, 4.69) is 79.8 Å². The van der Waals surface area contributed by atoms with Crippen LogP contribution in [0.5, 0.6) is 34.5 Å². The normalized spacial score (nSPS) is 23.5. The van der Waals surface area contributed by atoms with Crippen LogP contribution in [0.15, 0.2) is 36.4 Å². The zero-order valence-corrected chi connectivity index (χ0v) is 62.6. The zero-order valence-electron chi connectivity index (χ0n) is 62.6. The number of aliphatic hydroxyl groups excluding tert-OH is 1. The van der Waals surface area contributed by atoms with Crippen LogP contribution in [0.3, 0.4) is 0 Å². The maximum absolute atomic E-state index is 13.5. The Hall–Kier alpha value is -5.74. The zero-order chi connectivity index (χ0) is 72.4. The number of carbonyl (C=O) groups excluding carboxylic acids is 3. The number of aliphatic hydroxyl groups is 1. The largest absolute Gasteiger partial charge is 0.493 e. The number of alkyl halides is 3. The third-order valence-electron chi connectivity index (χ3n) is 20.1. The van der Waals surface area contributed by atoms with Gasteiger partial charge in [0, 0.05) is 101 Å². The lowest BCUT2D eigenvalue weighted by Gasteiger charge is -2.47. The Balaban J connectivity index is 0.000000213. The van der Waals surface area contributed by atoms with E-state index in [-0.39, 0.29) is 72.8 Å². The van der Waals surface area contributed by atoms with Crippen LogP contribution in [0.4, 0.5) is 18.0 Å². The van der Waals surface area contributed by atoms with Crippen molar-refractivity contribution < 1.29 is 75.3 Å². The van der Waals surface area contributed by atoms with Crippen molar-refractivity contribution in [2.24, 2.45) is 53.1 Å². The van der Waals surface area contributed by atoms with Gasteiger partial charge in [-0.1, -0.05) is 69.2 Å². The maximum atomic E-state index is 13.5. The van der Waals surface area contributed by atoms with Gasteiger partial charge in [-0.25, -0.2) is 9.59 Å². The molecule has 6 aliphatic heterocycles. The molecule has 0 spiro atoms. The summed E-state index contributed by atoms with van der Waals surface area (Å²) in [5, 5.41) is 13.4. The van der Waals surface area contributed by atoms with E-state index in [4.69, 9.17) is 48.4 Å². The molecule has 6 aliphatic rings. The van der Waals surface area contributed by atoms with Crippen LogP contribution in [-0.4, -0.2) is 174 Å². The molecule has 9 rings (SSSR count). The monoisotopic (exact) mass is 1390 g/mol. The average molecular weight is 1390 g/mol. The molecule has 11 unspecified atom stereocenters. The number of rotatable bonds is 28. The second-order valence-corrected chi connectivity index (χ2v) is 31.1. The summed E-state index contributed by atoms with van der Waals surface area (Å²) in [4.78, 5) is 46.2. The van der Waals surface area contributed by atoms with Gasteiger partial charge in [-0.05, 0) is 171 Å². The number of fused-ring (bicyclic) bond motifs is 9. The van der Waals surface area contributed by atoms with Gasteiger partial charge in [0.1, 0.15) is 29.9 Å². The van der Waals surface area contributed by atoms with Crippen LogP contribution in [0.1, 0.15) is 199 Å². The fraction of sp³-hybridized carbons (Fsp3) is 0.731. The molecule has 3 fully saturated rings. The number of benzene rings is 3. The summed E-state index contributed by atoms with van der Waals surface area (Å²) in [7, 11) is 4.87. The van der Waals surface area contributed by atoms with Gasteiger partial charge in [0.25, 0.3) is 0 Å². The number of ether oxygens (including phenoxy) is 9. The van der Waals surface area contributed by atoms with Crippen molar-refractivity contribution in [1.82, 2.24) is 20.0 Å². The number of amides is 1. The predicted octanol–water partition coefficient (Wildman–Crippen LogP) is 13.9. The SMILES string of the molecule is COc1cc2c(cc1OCCCF)CCN1CC(CC(C)C)C(O)CC21.COc1cc2c(cc1OCCCF)CCN1CC(CC(C)C)C(OC(=O)C(N)C(C)C)CC21.COc1cc2c(cc1OCCCF)CCN1CC(CC(C)C)C(OC(=O)C(NC(=O)OC(C)(C)C)C(C)C)CC21. The number of halogens is 3.